The molecule has 1 unspecified atom stereocenters. The van der Waals surface area contributed by atoms with Crippen LogP contribution in [0.4, 0.5) is 5.69 Å². The molecule has 24 heavy (non-hydrogen) atoms. The molecule has 1 aliphatic rings. The number of halogens is 1. The maximum Gasteiger partial charge on any atom is 0.342 e. The number of carboxylic acids is 1. The van der Waals surface area contributed by atoms with E-state index in [1.807, 2.05) is 19.1 Å². The van der Waals surface area contributed by atoms with Gasteiger partial charge in [-0.1, -0.05) is 11.6 Å². The Bertz CT molecular complexity index is 872. The fraction of sp³-hybridized carbons (Fsp3) is 0.235. The monoisotopic (exact) mass is 345 g/mol. The van der Waals surface area contributed by atoms with E-state index in [-0.39, 0.29) is 11.6 Å². The second-order valence-electron chi connectivity index (χ2n) is 5.68. The van der Waals surface area contributed by atoms with Gasteiger partial charge in [0.1, 0.15) is 11.4 Å². The first-order valence-corrected chi connectivity index (χ1v) is 7.91. The van der Waals surface area contributed by atoms with Crippen LogP contribution in [0.5, 0.6) is 0 Å². The topological polar surface area (TPSA) is 84.2 Å². The molecule has 0 fully saturated rings. The number of carbonyl (C=O) groups is 1. The predicted molar refractivity (Wildman–Crippen MR) is 92.5 cm³/mol. The van der Waals surface area contributed by atoms with Crippen LogP contribution in [0, 0.1) is 0 Å². The first-order chi connectivity index (χ1) is 11.5. The summed E-state index contributed by atoms with van der Waals surface area (Å²) in [7, 11) is 0. The molecule has 0 aliphatic carbocycles. The highest BCUT2D eigenvalue weighted by molar-refractivity contribution is 6.30. The Balaban J connectivity index is 1.98. The number of anilines is 1. The summed E-state index contributed by atoms with van der Waals surface area (Å²) in [6.07, 6.45) is 4.42. The van der Waals surface area contributed by atoms with Gasteiger partial charge in [-0.3, -0.25) is 9.36 Å². The fourth-order valence-electron chi connectivity index (χ4n) is 2.72. The van der Waals surface area contributed by atoms with Gasteiger partial charge in [0.15, 0.2) is 0 Å². The number of hydrogen-bond acceptors (Lipinski definition) is 4. The summed E-state index contributed by atoms with van der Waals surface area (Å²) in [6.45, 7) is 1.89. The molecule has 1 aliphatic heterocycles. The van der Waals surface area contributed by atoms with E-state index in [4.69, 9.17) is 16.7 Å². The first kappa shape index (κ1) is 16.3. The fourth-order valence-corrected chi connectivity index (χ4v) is 2.85. The molecule has 0 spiro atoms. The maximum absolute atomic E-state index is 12.4. The number of carboxylic acid groups (broad SMARTS) is 1. The number of aromatic nitrogens is 2. The number of nitrogens with zero attached hydrogens (tertiary/aromatic N) is 2. The molecule has 1 atom stereocenters. The quantitative estimate of drug-likeness (QED) is 0.890. The Kier molecular flexibility index (Phi) is 4.40. The Morgan fingerprint density at radius 3 is 2.79 bits per heavy atom. The molecule has 7 heteroatoms. The van der Waals surface area contributed by atoms with Crippen LogP contribution in [0.3, 0.4) is 0 Å². The van der Waals surface area contributed by atoms with Crippen LogP contribution in [-0.4, -0.2) is 20.6 Å². The highest BCUT2D eigenvalue weighted by atomic mass is 35.5. The van der Waals surface area contributed by atoms with E-state index in [2.05, 4.69) is 10.3 Å². The smallest absolute Gasteiger partial charge is 0.342 e. The zero-order valence-corrected chi connectivity index (χ0v) is 13.7. The third-order valence-electron chi connectivity index (χ3n) is 4.04. The Morgan fingerprint density at radius 2 is 2.12 bits per heavy atom. The highest BCUT2D eigenvalue weighted by Gasteiger charge is 2.25. The largest absolute Gasteiger partial charge is 0.477 e. The first-order valence-electron chi connectivity index (χ1n) is 7.53. The molecule has 3 rings (SSSR count). The van der Waals surface area contributed by atoms with Crippen molar-refractivity contribution >= 4 is 28.8 Å². The van der Waals surface area contributed by atoms with E-state index in [1.54, 1.807) is 18.3 Å². The molecule has 1 aromatic heterocycles. The average Bonchev–Trinajstić information content (AvgIpc) is 2.55. The Morgan fingerprint density at radius 1 is 1.42 bits per heavy atom. The minimum atomic E-state index is -1.26. The summed E-state index contributed by atoms with van der Waals surface area (Å²) >= 11 is 5.86. The van der Waals surface area contributed by atoms with Crippen molar-refractivity contribution in [2.45, 2.75) is 25.8 Å². The lowest BCUT2D eigenvalue weighted by Crippen LogP contribution is -2.34. The van der Waals surface area contributed by atoms with Crippen LogP contribution in [0.15, 0.2) is 41.5 Å². The van der Waals surface area contributed by atoms with Gasteiger partial charge in [-0.2, -0.15) is 0 Å². The molecule has 0 radical (unpaired) electrons. The molecule has 124 valence electrons. The van der Waals surface area contributed by atoms with E-state index in [1.165, 1.54) is 4.57 Å². The van der Waals surface area contributed by atoms with Gasteiger partial charge in [-0.05, 0) is 44.0 Å². The zero-order chi connectivity index (χ0) is 17.3. The molecule has 0 amide bonds. The van der Waals surface area contributed by atoms with Gasteiger partial charge in [0.2, 0.25) is 0 Å². The Labute approximate surface area is 143 Å². The third-order valence-corrected chi connectivity index (χ3v) is 4.29. The van der Waals surface area contributed by atoms with Crippen molar-refractivity contribution in [3.8, 4) is 0 Å². The normalized spacial score (nSPS) is 18.2. The summed E-state index contributed by atoms with van der Waals surface area (Å²) in [4.78, 5) is 27.8. The predicted octanol–water partition coefficient (Wildman–Crippen LogP) is 3.40. The minimum absolute atomic E-state index is 0.0908. The summed E-state index contributed by atoms with van der Waals surface area (Å²) in [6, 6.07) is 7.16. The molecule has 2 aromatic rings. The van der Waals surface area contributed by atoms with Gasteiger partial charge in [-0.15, -0.1) is 0 Å². The van der Waals surface area contributed by atoms with Crippen molar-refractivity contribution in [2.75, 3.05) is 5.32 Å². The lowest BCUT2D eigenvalue weighted by molar-refractivity contribution is 0.0693. The van der Waals surface area contributed by atoms with Crippen LogP contribution < -0.4 is 10.9 Å². The van der Waals surface area contributed by atoms with Crippen LogP contribution in [-0.2, 0) is 0 Å². The van der Waals surface area contributed by atoms with Crippen molar-refractivity contribution in [3.05, 3.63) is 63.4 Å². The lowest BCUT2D eigenvalue weighted by Gasteiger charge is -2.26. The van der Waals surface area contributed by atoms with Gasteiger partial charge in [0.25, 0.3) is 5.56 Å². The van der Waals surface area contributed by atoms with Crippen molar-refractivity contribution < 1.29 is 9.90 Å². The lowest BCUT2D eigenvalue weighted by atomic mass is 10.0. The van der Waals surface area contributed by atoms with E-state index in [0.29, 0.717) is 10.8 Å². The number of allylic oxidation sites excluding steroid dienone is 1. The van der Waals surface area contributed by atoms with Crippen LogP contribution in [0.25, 0.3) is 5.57 Å². The molecular weight excluding hydrogens is 330 g/mol. The standard InChI is InChI=1S/C17H16ClN3O3/c1-10-2-3-11(8-19-13-6-4-12(18)5-7-13)15-20-9-14(17(23)24)16(22)21(10)15/h4-10,19H,2-3H2,1H3,(H,23,24). The van der Waals surface area contributed by atoms with E-state index in [9.17, 15) is 9.59 Å². The SMILES string of the molecule is CC1CCC(=CNc2ccc(Cl)cc2)c2ncc(C(=O)O)c(=O)n21. The number of nitrogens with one attached hydrogen (secondary N) is 1. The van der Waals surface area contributed by atoms with Gasteiger partial charge < -0.3 is 10.4 Å². The number of rotatable bonds is 3. The molecule has 1 aromatic carbocycles. The third kappa shape index (κ3) is 3.05. The van der Waals surface area contributed by atoms with Crippen molar-refractivity contribution in [1.29, 1.82) is 0 Å². The summed E-state index contributed by atoms with van der Waals surface area (Å²) in [5, 5.41) is 12.9. The van der Waals surface area contributed by atoms with Crippen molar-refractivity contribution in [3.63, 3.8) is 0 Å². The van der Waals surface area contributed by atoms with Crippen LogP contribution >= 0.6 is 11.6 Å². The molecule has 2 heterocycles. The second kappa shape index (κ2) is 6.49. The maximum atomic E-state index is 12.4. The van der Waals surface area contributed by atoms with Crippen LogP contribution in [0.2, 0.25) is 5.02 Å². The average molecular weight is 346 g/mol. The van der Waals surface area contributed by atoms with Gasteiger partial charge >= 0.3 is 5.97 Å². The number of fused-ring (bicyclic) bond motifs is 1. The van der Waals surface area contributed by atoms with Gasteiger partial charge in [0.05, 0.1) is 0 Å². The molecule has 0 bridgehead atoms. The molecule has 0 saturated heterocycles. The van der Waals surface area contributed by atoms with Gasteiger partial charge in [0, 0.05) is 34.7 Å². The molecular formula is C17H16ClN3O3. The second-order valence-corrected chi connectivity index (χ2v) is 6.12. The van der Waals surface area contributed by atoms with E-state index in [0.717, 1.165) is 30.3 Å². The van der Waals surface area contributed by atoms with E-state index < -0.39 is 11.5 Å². The van der Waals surface area contributed by atoms with Crippen LogP contribution in [0.1, 0.15) is 42.0 Å². The summed E-state index contributed by atoms with van der Waals surface area (Å²) < 4.78 is 1.46. The molecule has 0 saturated carbocycles. The molecule has 2 N–H and O–H groups in total. The van der Waals surface area contributed by atoms with Crippen molar-refractivity contribution in [1.82, 2.24) is 9.55 Å². The highest BCUT2D eigenvalue weighted by Crippen LogP contribution is 2.29. The number of hydrogen-bond donors (Lipinski definition) is 2. The minimum Gasteiger partial charge on any atom is -0.477 e. The number of aromatic carboxylic acids is 1. The zero-order valence-electron chi connectivity index (χ0n) is 13.0. The summed E-state index contributed by atoms with van der Waals surface area (Å²) in [5.41, 5.74) is 0.897. The molecule has 6 nitrogen and oxygen atoms in total. The Hall–Kier alpha value is -2.60. The van der Waals surface area contributed by atoms with Gasteiger partial charge in [-0.25, -0.2) is 9.78 Å². The van der Waals surface area contributed by atoms with Crippen molar-refractivity contribution in [2.24, 2.45) is 0 Å². The van der Waals surface area contributed by atoms with E-state index >= 15 is 0 Å². The summed E-state index contributed by atoms with van der Waals surface area (Å²) in [5.74, 6) is -0.754. The number of benzene rings is 1.